The molecule has 0 spiro atoms. The molecule has 7 nitrogen and oxygen atoms in total. The lowest BCUT2D eigenvalue weighted by Crippen LogP contribution is -2.40. The number of benzene rings is 1. The van der Waals surface area contributed by atoms with E-state index in [4.69, 9.17) is 18.6 Å². The van der Waals surface area contributed by atoms with Gasteiger partial charge in [-0.25, -0.2) is 0 Å². The lowest BCUT2D eigenvalue weighted by molar-refractivity contribution is 0.0487. The molecule has 30 heavy (non-hydrogen) atoms. The molecular formula is C22H36IN3O4. The number of furan rings is 1. The maximum atomic E-state index is 6.05. The molecular weight excluding hydrogens is 497 g/mol. The minimum Gasteiger partial charge on any atom is -0.490 e. The van der Waals surface area contributed by atoms with Crippen molar-refractivity contribution in [3.63, 3.8) is 0 Å². The van der Waals surface area contributed by atoms with Gasteiger partial charge in [0.15, 0.2) is 17.3 Å². The highest BCUT2D eigenvalue weighted by atomic mass is 127. The maximum absolute atomic E-state index is 6.05. The second-order valence-corrected chi connectivity index (χ2v) is 6.70. The first-order chi connectivity index (χ1) is 14.2. The Hall–Kier alpha value is -1.52. The molecule has 170 valence electrons. The van der Waals surface area contributed by atoms with Crippen molar-refractivity contribution in [2.24, 2.45) is 4.99 Å². The topological polar surface area (TPSA) is 77.2 Å². The molecule has 8 heteroatoms. The first-order valence-corrected chi connectivity index (χ1v) is 10.5. The van der Waals surface area contributed by atoms with Gasteiger partial charge in [-0.15, -0.1) is 24.0 Å². The van der Waals surface area contributed by atoms with Gasteiger partial charge in [-0.2, -0.15) is 0 Å². The van der Waals surface area contributed by atoms with Crippen LogP contribution in [0.25, 0.3) is 11.0 Å². The summed E-state index contributed by atoms with van der Waals surface area (Å²) in [5.41, 5.74) is 0.774. The quantitative estimate of drug-likeness (QED) is 0.171. The molecule has 0 amide bonds. The van der Waals surface area contributed by atoms with Gasteiger partial charge < -0.3 is 29.3 Å². The smallest absolute Gasteiger partial charge is 0.191 e. The average molecular weight is 533 g/mol. The lowest BCUT2D eigenvalue weighted by Gasteiger charge is -2.16. The molecule has 1 unspecified atom stereocenters. The van der Waals surface area contributed by atoms with Crippen LogP contribution in [0.4, 0.5) is 0 Å². The summed E-state index contributed by atoms with van der Waals surface area (Å²) in [6.45, 7) is 10.1. The van der Waals surface area contributed by atoms with E-state index in [1.807, 2.05) is 38.1 Å². The fourth-order valence-corrected chi connectivity index (χ4v) is 2.82. The van der Waals surface area contributed by atoms with Crippen molar-refractivity contribution < 1.29 is 18.6 Å². The van der Waals surface area contributed by atoms with Gasteiger partial charge in [0.05, 0.1) is 32.5 Å². The van der Waals surface area contributed by atoms with E-state index >= 15 is 0 Å². The summed E-state index contributed by atoms with van der Waals surface area (Å²) in [6, 6.07) is 7.90. The molecule has 0 fully saturated rings. The molecule has 1 aromatic carbocycles. The predicted molar refractivity (Wildman–Crippen MR) is 132 cm³/mol. The molecule has 0 radical (unpaired) electrons. The van der Waals surface area contributed by atoms with Crippen molar-refractivity contribution in [3.8, 4) is 5.75 Å². The van der Waals surface area contributed by atoms with Crippen LogP contribution in [0.1, 0.15) is 45.4 Å². The van der Waals surface area contributed by atoms with Gasteiger partial charge in [0, 0.05) is 25.6 Å². The third kappa shape index (κ3) is 8.69. The minimum absolute atomic E-state index is 0. The number of halogens is 1. The standard InChI is InChI=1S/C22H35N3O4.HI/c1-5-7-12-26-14-15-27-13-11-24-22(23-4)25-17(3)20-16-18-9-8-10-19(28-6-2)21(18)29-20;/h8-10,16-17H,5-7,11-15H2,1-4H3,(H2,23,24,25);1H. The van der Waals surface area contributed by atoms with Gasteiger partial charge >= 0.3 is 0 Å². The number of nitrogens with one attached hydrogen (secondary N) is 2. The Morgan fingerprint density at radius 2 is 1.90 bits per heavy atom. The number of ether oxygens (including phenoxy) is 3. The molecule has 0 aliphatic carbocycles. The minimum atomic E-state index is -0.0454. The van der Waals surface area contributed by atoms with Crippen molar-refractivity contribution in [2.45, 2.75) is 39.7 Å². The van der Waals surface area contributed by atoms with E-state index in [0.29, 0.717) is 38.9 Å². The first-order valence-electron chi connectivity index (χ1n) is 10.5. The zero-order chi connectivity index (χ0) is 20.9. The molecule has 2 rings (SSSR count). The zero-order valence-electron chi connectivity index (χ0n) is 18.5. The van der Waals surface area contributed by atoms with Crippen LogP contribution in [-0.2, 0) is 9.47 Å². The number of rotatable bonds is 13. The summed E-state index contributed by atoms with van der Waals surface area (Å²) >= 11 is 0. The number of guanidine groups is 1. The summed E-state index contributed by atoms with van der Waals surface area (Å²) in [4.78, 5) is 4.27. The largest absolute Gasteiger partial charge is 0.490 e. The van der Waals surface area contributed by atoms with Gasteiger partial charge in [0.1, 0.15) is 5.76 Å². The number of para-hydroxylation sites is 1. The van der Waals surface area contributed by atoms with Crippen LogP contribution in [-0.4, -0.2) is 52.6 Å². The second kappa shape index (κ2) is 15.3. The number of aliphatic imine (C=N–C) groups is 1. The van der Waals surface area contributed by atoms with Crippen LogP contribution in [0, 0.1) is 0 Å². The fraction of sp³-hybridized carbons (Fsp3) is 0.591. The third-order valence-electron chi connectivity index (χ3n) is 4.38. The summed E-state index contributed by atoms with van der Waals surface area (Å²) in [5, 5.41) is 7.62. The summed E-state index contributed by atoms with van der Waals surface area (Å²) in [7, 11) is 1.75. The van der Waals surface area contributed by atoms with Gasteiger partial charge in [0.2, 0.25) is 0 Å². The Labute approximate surface area is 196 Å². The Morgan fingerprint density at radius 3 is 2.60 bits per heavy atom. The van der Waals surface area contributed by atoms with Crippen LogP contribution in [0.3, 0.4) is 0 Å². The normalized spacial score (nSPS) is 12.5. The van der Waals surface area contributed by atoms with Crippen molar-refractivity contribution >= 4 is 40.9 Å². The van der Waals surface area contributed by atoms with E-state index in [0.717, 1.165) is 41.9 Å². The zero-order valence-corrected chi connectivity index (χ0v) is 20.9. The van der Waals surface area contributed by atoms with Crippen molar-refractivity contribution in [3.05, 3.63) is 30.0 Å². The highest BCUT2D eigenvalue weighted by Gasteiger charge is 2.15. The highest BCUT2D eigenvalue weighted by Crippen LogP contribution is 2.31. The van der Waals surface area contributed by atoms with E-state index in [2.05, 4.69) is 22.5 Å². The van der Waals surface area contributed by atoms with E-state index in [1.165, 1.54) is 0 Å². The van der Waals surface area contributed by atoms with Crippen LogP contribution in [0.5, 0.6) is 5.75 Å². The maximum Gasteiger partial charge on any atom is 0.191 e. The number of nitrogens with zero attached hydrogens (tertiary/aromatic N) is 1. The molecule has 0 saturated carbocycles. The summed E-state index contributed by atoms with van der Waals surface area (Å²) < 4.78 is 22.7. The molecule has 1 atom stereocenters. The van der Waals surface area contributed by atoms with Crippen molar-refractivity contribution in [1.82, 2.24) is 10.6 Å². The van der Waals surface area contributed by atoms with Gasteiger partial charge in [-0.3, -0.25) is 4.99 Å². The molecule has 1 aromatic heterocycles. The summed E-state index contributed by atoms with van der Waals surface area (Å²) in [5.74, 6) is 2.29. The van der Waals surface area contributed by atoms with Crippen LogP contribution in [0.15, 0.2) is 33.7 Å². The molecule has 0 saturated heterocycles. The van der Waals surface area contributed by atoms with Gasteiger partial charge in [-0.1, -0.05) is 25.5 Å². The first kappa shape index (κ1) is 26.5. The highest BCUT2D eigenvalue weighted by molar-refractivity contribution is 14.0. The number of hydrogen-bond acceptors (Lipinski definition) is 5. The molecule has 2 N–H and O–H groups in total. The van der Waals surface area contributed by atoms with E-state index in [-0.39, 0.29) is 30.0 Å². The Balaban J connectivity index is 0.00000450. The molecule has 0 bridgehead atoms. The molecule has 2 aromatic rings. The van der Waals surface area contributed by atoms with Crippen LogP contribution < -0.4 is 15.4 Å². The number of fused-ring (bicyclic) bond motifs is 1. The SMILES string of the molecule is CCCCOCCOCCNC(=NC)NC(C)c1cc2cccc(OCC)c2o1.I. The van der Waals surface area contributed by atoms with Crippen molar-refractivity contribution in [2.75, 3.05) is 46.6 Å². The molecule has 0 aliphatic rings. The second-order valence-electron chi connectivity index (χ2n) is 6.70. The van der Waals surface area contributed by atoms with Crippen molar-refractivity contribution in [1.29, 1.82) is 0 Å². The fourth-order valence-electron chi connectivity index (χ4n) is 2.82. The molecule has 1 heterocycles. The predicted octanol–water partition coefficient (Wildman–Crippen LogP) is 4.51. The van der Waals surface area contributed by atoms with Gasteiger partial charge in [-0.05, 0) is 32.4 Å². The lowest BCUT2D eigenvalue weighted by atomic mass is 10.2. The van der Waals surface area contributed by atoms with Crippen LogP contribution >= 0.6 is 24.0 Å². The van der Waals surface area contributed by atoms with Crippen LogP contribution in [0.2, 0.25) is 0 Å². The Kier molecular flexibility index (Phi) is 13.5. The molecule has 0 aliphatic heterocycles. The third-order valence-corrected chi connectivity index (χ3v) is 4.38. The monoisotopic (exact) mass is 533 g/mol. The van der Waals surface area contributed by atoms with E-state index in [1.54, 1.807) is 7.05 Å². The summed E-state index contributed by atoms with van der Waals surface area (Å²) in [6.07, 6.45) is 2.25. The number of hydrogen-bond donors (Lipinski definition) is 2. The Bertz CT molecular complexity index is 751. The Morgan fingerprint density at radius 1 is 1.13 bits per heavy atom. The van der Waals surface area contributed by atoms with Gasteiger partial charge in [0.25, 0.3) is 0 Å². The average Bonchev–Trinajstić information content (AvgIpc) is 3.17. The van der Waals surface area contributed by atoms with E-state index < -0.39 is 0 Å². The van der Waals surface area contributed by atoms with E-state index in [9.17, 15) is 0 Å². The number of unbranched alkanes of at least 4 members (excludes halogenated alkanes) is 1.